The molecule has 5 nitrogen and oxygen atoms in total. The minimum atomic E-state index is -3.57. The summed E-state index contributed by atoms with van der Waals surface area (Å²) in [6.07, 6.45) is 1.32. The fraction of sp³-hybridized carbons (Fsp3) is 0.409. The van der Waals surface area contributed by atoms with Crippen LogP contribution >= 0.6 is 23.2 Å². The monoisotopic (exact) mass is 468 g/mol. The Kier molecular flexibility index (Phi) is 7.45. The number of benzene rings is 2. The average molecular weight is 469 g/mol. The molecule has 1 aliphatic rings. The Labute approximate surface area is 188 Å². The highest BCUT2D eigenvalue weighted by molar-refractivity contribution is 7.88. The number of hydrogen-bond donors (Lipinski definition) is 1. The summed E-state index contributed by atoms with van der Waals surface area (Å²) in [6, 6.07) is 12.7. The SMILES string of the molecule is Cc1ccc([C@H](C)NC(=O)[C@@H]2CCCN(S(=O)(=O)Cc3ccc(Cl)c(Cl)c3)C2)cc1. The highest BCUT2D eigenvalue weighted by Gasteiger charge is 2.33. The highest BCUT2D eigenvalue weighted by atomic mass is 35.5. The molecule has 3 rings (SSSR count). The lowest BCUT2D eigenvalue weighted by atomic mass is 9.97. The van der Waals surface area contributed by atoms with Gasteiger partial charge in [0.05, 0.1) is 27.8 Å². The summed E-state index contributed by atoms with van der Waals surface area (Å²) in [4.78, 5) is 12.8. The van der Waals surface area contributed by atoms with E-state index in [-0.39, 0.29) is 30.2 Å². The molecule has 1 N–H and O–H groups in total. The number of amides is 1. The third kappa shape index (κ3) is 5.76. The van der Waals surface area contributed by atoms with Crippen LogP contribution in [0.2, 0.25) is 10.0 Å². The highest BCUT2D eigenvalue weighted by Crippen LogP contribution is 2.26. The van der Waals surface area contributed by atoms with Crippen molar-refractivity contribution in [2.45, 2.75) is 38.5 Å². The molecule has 0 unspecified atom stereocenters. The van der Waals surface area contributed by atoms with Gasteiger partial charge in [-0.05, 0) is 49.9 Å². The maximum absolute atomic E-state index is 12.9. The van der Waals surface area contributed by atoms with E-state index < -0.39 is 10.0 Å². The van der Waals surface area contributed by atoms with E-state index in [1.807, 2.05) is 38.1 Å². The molecule has 162 valence electrons. The summed E-state index contributed by atoms with van der Waals surface area (Å²) in [5.74, 6) is -0.648. The van der Waals surface area contributed by atoms with Crippen LogP contribution in [0.15, 0.2) is 42.5 Å². The van der Waals surface area contributed by atoms with Gasteiger partial charge in [0.1, 0.15) is 0 Å². The first kappa shape index (κ1) is 23.1. The molecular weight excluding hydrogens is 443 g/mol. The number of carbonyl (C=O) groups is 1. The first-order valence-corrected chi connectivity index (χ1v) is 12.3. The zero-order valence-electron chi connectivity index (χ0n) is 17.1. The number of piperidine rings is 1. The normalized spacial score (nSPS) is 18.7. The molecule has 0 spiro atoms. The van der Waals surface area contributed by atoms with Crippen LogP contribution in [-0.2, 0) is 20.6 Å². The molecule has 2 atom stereocenters. The van der Waals surface area contributed by atoms with E-state index in [0.29, 0.717) is 35.0 Å². The zero-order chi connectivity index (χ0) is 21.9. The van der Waals surface area contributed by atoms with E-state index in [9.17, 15) is 13.2 Å². The zero-order valence-corrected chi connectivity index (χ0v) is 19.4. The molecule has 0 bridgehead atoms. The van der Waals surface area contributed by atoms with Crippen LogP contribution < -0.4 is 5.32 Å². The molecule has 1 saturated heterocycles. The topological polar surface area (TPSA) is 66.5 Å². The lowest BCUT2D eigenvalue weighted by Crippen LogP contribution is -2.46. The van der Waals surface area contributed by atoms with Crippen molar-refractivity contribution in [2.75, 3.05) is 13.1 Å². The largest absolute Gasteiger partial charge is 0.349 e. The Balaban J connectivity index is 1.64. The molecule has 0 saturated carbocycles. The van der Waals surface area contributed by atoms with Gasteiger partial charge in [0, 0.05) is 13.1 Å². The molecular formula is C22H26Cl2N2O3S. The number of nitrogens with zero attached hydrogens (tertiary/aromatic N) is 1. The number of carbonyl (C=O) groups excluding carboxylic acids is 1. The quantitative estimate of drug-likeness (QED) is 0.666. The second-order valence-corrected chi connectivity index (χ2v) is 10.6. The van der Waals surface area contributed by atoms with Gasteiger partial charge in [-0.25, -0.2) is 12.7 Å². The van der Waals surface area contributed by atoms with Crippen molar-refractivity contribution in [2.24, 2.45) is 5.92 Å². The molecule has 0 aromatic heterocycles. The number of hydrogen-bond acceptors (Lipinski definition) is 3. The molecule has 2 aromatic carbocycles. The second-order valence-electron chi connectivity index (χ2n) is 7.84. The van der Waals surface area contributed by atoms with Crippen molar-refractivity contribution in [3.8, 4) is 0 Å². The van der Waals surface area contributed by atoms with Crippen LogP contribution in [0.4, 0.5) is 0 Å². The smallest absolute Gasteiger partial charge is 0.224 e. The summed E-state index contributed by atoms with van der Waals surface area (Å²) in [7, 11) is -3.57. The number of nitrogens with one attached hydrogen (secondary N) is 1. The van der Waals surface area contributed by atoms with Crippen LogP contribution in [0, 0.1) is 12.8 Å². The van der Waals surface area contributed by atoms with Crippen LogP contribution in [0.5, 0.6) is 0 Å². The van der Waals surface area contributed by atoms with Crippen molar-refractivity contribution in [3.05, 3.63) is 69.2 Å². The second kappa shape index (κ2) is 9.69. The fourth-order valence-corrected chi connectivity index (χ4v) is 5.53. The fourth-order valence-electron chi connectivity index (χ4n) is 3.61. The summed E-state index contributed by atoms with van der Waals surface area (Å²) < 4.78 is 27.2. The van der Waals surface area contributed by atoms with Crippen LogP contribution in [-0.4, -0.2) is 31.7 Å². The van der Waals surface area contributed by atoms with E-state index >= 15 is 0 Å². The summed E-state index contributed by atoms with van der Waals surface area (Å²) in [5.41, 5.74) is 2.75. The lowest BCUT2D eigenvalue weighted by molar-refractivity contribution is -0.126. The van der Waals surface area contributed by atoms with Gasteiger partial charge < -0.3 is 5.32 Å². The summed E-state index contributed by atoms with van der Waals surface area (Å²) in [5, 5.41) is 3.74. The predicted molar refractivity (Wildman–Crippen MR) is 121 cm³/mol. The predicted octanol–water partition coefficient (Wildman–Crippen LogP) is 4.72. The van der Waals surface area contributed by atoms with E-state index in [1.165, 1.54) is 4.31 Å². The Morgan fingerprint density at radius 1 is 1.17 bits per heavy atom. The van der Waals surface area contributed by atoms with Crippen molar-refractivity contribution in [1.82, 2.24) is 9.62 Å². The van der Waals surface area contributed by atoms with E-state index in [1.54, 1.807) is 18.2 Å². The summed E-state index contributed by atoms with van der Waals surface area (Å²) in [6.45, 7) is 4.56. The van der Waals surface area contributed by atoms with E-state index in [2.05, 4.69) is 5.32 Å². The Morgan fingerprint density at radius 3 is 2.53 bits per heavy atom. The van der Waals surface area contributed by atoms with Gasteiger partial charge in [-0.15, -0.1) is 0 Å². The van der Waals surface area contributed by atoms with Crippen molar-refractivity contribution in [3.63, 3.8) is 0 Å². The first-order valence-electron chi connectivity index (χ1n) is 9.94. The van der Waals surface area contributed by atoms with Crippen LogP contribution in [0.3, 0.4) is 0 Å². The molecule has 0 aliphatic carbocycles. The maximum Gasteiger partial charge on any atom is 0.224 e. The summed E-state index contributed by atoms with van der Waals surface area (Å²) >= 11 is 11.9. The van der Waals surface area contributed by atoms with Crippen molar-refractivity contribution < 1.29 is 13.2 Å². The van der Waals surface area contributed by atoms with Gasteiger partial charge in [-0.2, -0.15) is 0 Å². The first-order chi connectivity index (χ1) is 14.2. The Morgan fingerprint density at radius 2 is 1.87 bits per heavy atom. The van der Waals surface area contributed by atoms with Gasteiger partial charge >= 0.3 is 0 Å². The molecule has 30 heavy (non-hydrogen) atoms. The minimum absolute atomic E-state index is 0.113. The standard InChI is InChI=1S/C22H26Cl2N2O3S/c1-15-5-8-18(9-6-15)16(2)25-22(27)19-4-3-11-26(13-19)30(28,29)14-17-7-10-20(23)21(24)12-17/h5-10,12,16,19H,3-4,11,13-14H2,1-2H3,(H,25,27)/t16-,19+/m0/s1. The molecule has 8 heteroatoms. The van der Waals surface area contributed by atoms with Gasteiger partial charge in [0.2, 0.25) is 15.9 Å². The molecule has 1 amide bonds. The maximum atomic E-state index is 12.9. The van der Waals surface area contributed by atoms with E-state index in [0.717, 1.165) is 11.1 Å². The third-order valence-corrected chi connectivity index (χ3v) is 7.97. The van der Waals surface area contributed by atoms with Crippen molar-refractivity contribution in [1.29, 1.82) is 0 Å². The van der Waals surface area contributed by atoms with Gasteiger partial charge in [0.25, 0.3) is 0 Å². The third-order valence-electron chi connectivity index (χ3n) is 5.42. The molecule has 1 aliphatic heterocycles. The molecule has 2 aromatic rings. The number of aryl methyl sites for hydroxylation is 1. The van der Waals surface area contributed by atoms with Crippen LogP contribution in [0.1, 0.15) is 42.5 Å². The van der Waals surface area contributed by atoms with E-state index in [4.69, 9.17) is 23.2 Å². The van der Waals surface area contributed by atoms with Gasteiger partial charge in [-0.1, -0.05) is 59.1 Å². The Hall–Kier alpha value is -1.60. The molecule has 0 radical (unpaired) electrons. The lowest BCUT2D eigenvalue weighted by Gasteiger charge is -2.32. The number of sulfonamides is 1. The number of rotatable bonds is 6. The number of halogens is 2. The molecule has 1 heterocycles. The van der Waals surface area contributed by atoms with Gasteiger partial charge in [0.15, 0.2) is 0 Å². The molecule has 1 fully saturated rings. The van der Waals surface area contributed by atoms with Crippen molar-refractivity contribution >= 4 is 39.1 Å². The minimum Gasteiger partial charge on any atom is -0.349 e. The average Bonchev–Trinajstić information content (AvgIpc) is 2.71. The van der Waals surface area contributed by atoms with Gasteiger partial charge in [-0.3, -0.25) is 4.79 Å². The van der Waals surface area contributed by atoms with Crippen LogP contribution in [0.25, 0.3) is 0 Å². The Bertz CT molecular complexity index is 1010.